The Balaban J connectivity index is 1.76. The molecular formula is C14H17N3S2. The molecule has 1 atom stereocenters. The van der Waals surface area contributed by atoms with Crippen LogP contribution in [-0.4, -0.2) is 16.7 Å². The van der Waals surface area contributed by atoms with Gasteiger partial charge in [-0.05, 0) is 37.3 Å². The number of aromatic nitrogens is 2. The third kappa shape index (κ3) is 2.92. The molecule has 2 aromatic rings. The van der Waals surface area contributed by atoms with Crippen LogP contribution in [0.5, 0.6) is 0 Å². The second kappa shape index (κ2) is 5.92. The molecule has 1 heterocycles. The summed E-state index contributed by atoms with van der Waals surface area (Å²) in [5.74, 6) is 0. The van der Waals surface area contributed by atoms with Crippen molar-refractivity contribution in [2.75, 3.05) is 11.9 Å². The average molecular weight is 291 g/mol. The molecule has 19 heavy (non-hydrogen) atoms. The minimum Gasteiger partial charge on any atom is -0.360 e. The molecule has 0 saturated carbocycles. The van der Waals surface area contributed by atoms with Gasteiger partial charge in [0, 0.05) is 11.8 Å². The van der Waals surface area contributed by atoms with Crippen molar-refractivity contribution in [3.63, 3.8) is 0 Å². The first kappa shape index (κ1) is 12.9. The second-order valence-electron chi connectivity index (χ2n) is 4.60. The standard InChI is InChI=1S/C14H17N3S2/c1-2-15-13-16-17-14(19-13)18-12-9-5-7-10-6-3-4-8-11(10)12/h3-4,6,8,12H,2,5,7,9H2,1H3,(H,15,16)/t12-/m0/s1. The minimum atomic E-state index is 0.535. The summed E-state index contributed by atoms with van der Waals surface area (Å²) >= 11 is 3.51. The highest BCUT2D eigenvalue weighted by atomic mass is 32.2. The first-order valence-electron chi connectivity index (χ1n) is 6.68. The number of fused-ring (bicyclic) bond motifs is 1. The van der Waals surface area contributed by atoms with Gasteiger partial charge in [0.15, 0.2) is 4.34 Å². The fraction of sp³-hybridized carbons (Fsp3) is 0.429. The van der Waals surface area contributed by atoms with E-state index < -0.39 is 0 Å². The van der Waals surface area contributed by atoms with Crippen molar-refractivity contribution in [1.29, 1.82) is 0 Å². The summed E-state index contributed by atoms with van der Waals surface area (Å²) in [6.45, 7) is 2.97. The van der Waals surface area contributed by atoms with Crippen LogP contribution < -0.4 is 5.32 Å². The Morgan fingerprint density at radius 2 is 2.26 bits per heavy atom. The van der Waals surface area contributed by atoms with Crippen LogP contribution in [0.3, 0.4) is 0 Å². The highest BCUT2D eigenvalue weighted by molar-refractivity contribution is 8.01. The zero-order chi connectivity index (χ0) is 13.1. The Morgan fingerprint density at radius 1 is 1.37 bits per heavy atom. The van der Waals surface area contributed by atoms with Gasteiger partial charge >= 0.3 is 0 Å². The summed E-state index contributed by atoms with van der Waals surface area (Å²) in [6, 6.07) is 8.80. The fourth-order valence-corrected chi connectivity index (χ4v) is 4.73. The predicted molar refractivity (Wildman–Crippen MR) is 82.1 cm³/mol. The van der Waals surface area contributed by atoms with Gasteiger partial charge in [-0.1, -0.05) is 47.4 Å². The maximum absolute atomic E-state index is 4.27. The maximum Gasteiger partial charge on any atom is 0.206 e. The van der Waals surface area contributed by atoms with Crippen LogP contribution in [0.2, 0.25) is 0 Å². The van der Waals surface area contributed by atoms with Crippen molar-refractivity contribution in [3.05, 3.63) is 35.4 Å². The lowest BCUT2D eigenvalue weighted by Crippen LogP contribution is -2.06. The highest BCUT2D eigenvalue weighted by Gasteiger charge is 2.22. The van der Waals surface area contributed by atoms with E-state index in [0.29, 0.717) is 5.25 Å². The van der Waals surface area contributed by atoms with E-state index in [0.717, 1.165) is 16.0 Å². The Bertz CT molecular complexity index is 553. The average Bonchev–Trinajstić information content (AvgIpc) is 2.87. The van der Waals surface area contributed by atoms with Gasteiger partial charge in [-0.2, -0.15) is 0 Å². The van der Waals surface area contributed by atoms with Crippen LogP contribution in [0.15, 0.2) is 28.6 Å². The van der Waals surface area contributed by atoms with Crippen LogP contribution in [-0.2, 0) is 6.42 Å². The van der Waals surface area contributed by atoms with Gasteiger partial charge in [-0.3, -0.25) is 0 Å². The summed E-state index contributed by atoms with van der Waals surface area (Å²) in [4.78, 5) is 0. The van der Waals surface area contributed by atoms with Crippen molar-refractivity contribution < 1.29 is 0 Å². The van der Waals surface area contributed by atoms with Crippen molar-refractivity contribution >= 4 is 28.2 Å². The number of hydrogen-bond donors (Lipinski definition) is 1. The van der Waals surface area contributed by atoms with E-state index in [1.165, 1.54) is 30.4 Å². The molecular weight excluding hydrogens is 274 g/mol. The molecule has 1 aromatic carbocycles. The van der Waals surface area contributed by atoms with Crippen LogP contribution in [0.25, 0.3) is 0 Å². The minimum absolute atomic E-state index is 0.535. The van der Waals surface area contributed by atoms with Gasteiger partial charge in [-0.25, -0.2) is 0 Å². The number of nitrogens with zero attached hydrogens (tertiary/aromatic N) is 2. The van der Waals surface area contributed by atoms with E-state index in [1.54, 1.807) is 11.3 Å². The van der Waals surface area contributed by atoms with Gasteiger partial charge < -0.3 is 5.32 Å². The normalized spacial score (nSPS) is 18.1. The predicted octanol–water partition coefficient (Wildman–Crippen LogP) is 4.14. The maximum atomic E-state index is 4.27. The zero-order valence-corrected chi connectivity index (χ0v) is 12.6. The monoisotopic (exact) mass is 291 g/mol. The van der Waals surface area contributed by atoms with Crippen LogP contribution >= 0.6 is 23.1 Å². The summed E-state index contributed by atoms with van der Waals surface area (Å²) in [5, 5.41) is 13.1. The number of nitrogens with one attached hydrogen (secondary N) is 1. The van der Waals surface area contributed by atoms with E-state index in [1.807, 2.05) is 11.8 Å². The molecule has 3 nitrogen and oxygen atoms in total. The zero-order valence-electron chi connectivity index (χ0n) is 10.9. The molecule has 1 N–H and O–H groups in total. The number of aryl methyl sites for hydroxylation is 1. The van der Waals surface area contributed by atoms with E-state index >= 15 is 0 Å². The molecule has 3 rings (SSSR count). The molecule has 5 heteroatoms. The Labute approximate surface area is 121 Å². The lowest BCUT2D eigenvalue weighted by Gasteiger charge is -2.23. The largest absolute Gasteiger partial charge is 0.360 e. The van der Waals surface area contributed by atoms with Gasteiger partial charge in [0.05, 0.1) is 0 Å². The number of hydrogen-bond acceptors (Lipinski definition) is 5. The molecule has 0 radical (unpaired) electrons. The van der Waals surface area contributed by atoms with Gasteiger partial charge in [-0.15, -0.1) is 10.2 Å². The molecule has 1 aliphatic carbocycles. The van der Waals surface area contributed by atoms with Gasteiger partial charge in [0.2, 0.25) is 5.13 Å². The molecule has 0 saturated heterocycles. The lowest BCUT2D eigenvalue weighted by atomic mass is 9.91. The van der Waals surface area contributed by atoms with E-state index in [9.17, 15) is 0 Å². The third-order valence-corrected chi connectivity index (χ3v) is 5.56. The fourth-order valence-electron chi connectivity index (χ4n) is 2.43. The molecule has 0 unspecified atom stereocenters. The van der Waals surface area contributed by atoms with Crippen LogP contribution in [0.1, 0.15) is 36.1 Å². The van der Waals surface area contributed by atoms with Crippen LogP contribution in [0, 0.1) is 0 Å². The molecule has 0 aliphatic heterocycles. The molecule has 0 fully saturated rings. The number of rotatable bonds is 4. The van der Waals surface area contributed by atoms with Crippen molar-refractivity contribution in [2.24, 2.45) is 0 Å². The lowest BCUT2D eigenvalue weighted by molar-refractivity contribution is 0.673. The van der Waals surface area contributed by atoms with Crippen molar-refractivity contribution in [1.82, 2.24) is 10.2 Å². The smallest absolute Gasteiger partial charge is 0.206 e. The Kier molecular flexibility index (Phi) is 4.03. The van der Waals surface area contributed by atoms with E-state index in [-0.39, 0.29) is 0 Å². The SMILES string of the molecule is CCNc1nnc(S[C@H]2CCCc3ccccc32)s1. The molecule has 0 bridgehead atoms. The molecule has 0 amide bonds. The molecule has 100 valence electrons. The molecule has 1 aliphatic rings. The molecule has 0 spiro atoms. The summed E-state index contributed by atoms with van der Waals surface area (Å²) in [6.07, 6.45) is 3.72. The highest BCUT2D eigenvalue weighted by Crippen LogP contribution is 2.44. The Hall–Kier alpha value is -1.07. The van der Waals surface area contributed by atoms with Gasteiger partial charge in [0.25, 0.3) is 0 Å². The van der Waals surface area contributed by atoms with Gasteiger partial charge in [0.1, 0.15) is 0 Å². The first-order chi connectivity index (χ1) is 9.36. The van der Waals surface area contributed by atoms with Crippen molar-refractivity contribution in [3.8, 4) is 0 Å². The summed E-state index contributed by atoms with van der Waals surface area (Å²) < 4.78 is 1.07. The Morgan fingerprint density at radius 3 is 3.16 bits per heavy atom. The van der Waals surface area contributed by atoms with E-state index in [2.05, 4.69) is 46.7 Å². The van der Waals surface area contributed by atoms with Crippen molar-refractivity contribution in [2.45, 2.75) is 35.8 Å². The summed E-state index contributed by atoms with van der Waals surface area (Å²) in [7, 11) is 0. The van der Waals surface area contributed by atoms with Crippen LogP contribution in [0.4, 0.5) is 5.13 Å². The quantitative estimate of drug-likeness (QED) is 0.918. The second-order valence-corrected chi connectivity index (χ2v) is 7.03. The number of benzene rings is 1. The summed E-state index contributed by atoms with van der Waals surface area (Å²) in [5.41, 5.74) is 2.99. The number of anilines is 1. The number of thioether (sulfide) groups is 1. The molecule has 1 aromatic heterocycles. The topological polar surface area (TPSA) is 37.8 Å². The van der Waals surface area contributed by atoms with E-state index in [4.69, 9.17) is 0 Å². The third-order valence-electron chi connectivity index (χ3n) is 3.29. The first-order valence-corrected chi connectivity index (χ1v) is 8.38.